The van der Waals surface area contributed by atoms with Gasteiger partial charge in [0.1, 0.15) is 11.8 Å². The molecule has 2 aliphatic rings. The van der Waals surface area contributed by atoms with Crippen molar-refractivity contribution in [3.63, 3.8) is 0 Å². The molecule has 7 nitrogen and oxygen atoms in total. The van der Waals surface area contributed by atoms with Crippen LogP contribution < -0.4 is 15.8 Å². The number of methoxy groups -OCH3 is 1. The lowest BCUT2D eigenvalue weighted by atomic mass is 9.83. The van der Waals surface area contributed by atoms with Gasteiger partial charge in [0.05, 0.1) is 7.11 Å². The van der Waals surface area contributed by atoms with Gasteiger partial charge in [-0.2, -0.15) is 0 Å². The summed E-state index contributed by atoms with van der Waals surface area (Å²) in [7, 11) is 1.65. The van der Waals surface area contributed by atoms with Gasteiger partial charge in [0.15, 0.2) is 0 Å². The Morgan fingerprint density at radius 3 is 2.47 bits per heavy atom. The molecule has 1 aliphatic carbocycles. The molecule has 1 saturated carbocycles. The molecule has 4 rings (SSSR count). The van der Waals surface area contributed by atoms with Crippen LogP contribution in [0.2, 0.25) is 0 Å². The van der Waals surface area contributed by atoms with Crippen LogP contribution in [0, 0.1) is 17.8 Å². The van der Waals surface area contributed by atoms with Crippen molar-refractivity contribution in [1.29, 1.82) is 0 Å². The second-order valence-electron chi connectivity index (χ2n) is 10.8. The van der Waals surface area contributed by atoms with Gasteiger partial charge in [-0.1, -0.05) is 56.5 Å². The Morgan fingerprint density at radius 2 is 1.82 bits per heavy atom. The second-order valence-corrected chi connectivity index (χ2v) is 10.8. The molecule has 0 bridgehead atoms. The van der Waals surface area contributed by atoms with Gasteiger partial charge in [0.25, 0.3) is 0 Å². The van der Waals surface area contributed by atoms with Crippen LogP contribution in [0.5, 0.6) is 5.75 Å². The normalized spacial score (nSPS) is 19.4. The highest BCUT2D eigenvalue weighted by Crippen LogP contribution is 2.38. The topological polar surface area (TPSA) is 102 Å². The first-order valence-corrected chi connectivity index (χ1v) is 14.0. The monoisotopic (exact) mass is 519 g/mol. The van der Waals surface area contributed by atoms with E-state index in [0.717, 1.165) is 54.5 Å². The minimum atomic E-state index is -0.577. The summed E-state index contributed by atoms with van der Waals surface area (Å²) < 4.78 is 5.27. The lowest BCUT2D eigenvalue weighted by molar-refractivity contribution is -0.139. The summed E-state index contributed by atoms with van der Waals surface area (Å²) in [4.78, 5) is 41.2. The summed E-state index contributed by atoms with van der Waals surface area (Å²) in [6.07, 6.45) is 6.59. The number of primary amides is 1. The van der Waals surface area contributed by atoms with Gasteiger partial charge < -0.3 is 20.7 Å². The molecule has 7 heteroatoms. The molecule has 2 fully saturated rings. The first-order valence-electron chi connectivity index (χ1n) is 14.0. The molecular formula is C31H41N3O4. The van der Waals surface area contributed by atoms with Crippen LogP contribution >= 0.6 is 0 Å². The van der Waals surface area contributed by atoms with Crippen molar-refractivity contribution in [2.75, 3.05) is 13.7 Å². The summed E-state index contributed by atoms with van der Waals surface area (Å²) in [5.41, 5.74) is 8.92. The van der Waals surface area contributed by atoms with Crippen molar-refractivity contribution in [2.24, 2.45) is 23.5 Å². The van der Waals surface area contributed by atoms with Gasteiger partial charge in [0, 0.05) is 24.9 Å². The molecule has 0 unspecified atom stereocenters. The van der Waals surface area contributed by atoms with E-state index in [1.807, 2.05) is 48.2 Å². The SMILES string of the molecule is CCC[C@H](C(N)=O)[C@@H](CC1CC1)C(=O)N[C@H]1CCCCN(Cc2cccc(-c3ccc(OC)cc3)c2)C1=O. The van der Waals surface area contributed by atoms with Gasteiger partial charge in [-0.05, 0) is 72.9 Å². The average Bonchev–Trinajstić information content (AvgIpc) is 3.76. The Balaban J connectivity index is 1.46. The fourth-order valence-electron chi connectivity index (χ4n) is 5.55. The third-order valence-corrected chi connectivity index (χ3v) is 7.89. The highest BCUT2D eigenvalue weighted by molar-refractivity contribution is 5.91. The molecule has 1 saturated heterocycles. The number of nitrogens with two attached hydrogens (primary N) is 1. The number of hydrogen-bond donors (Lipinski definition) is 2. The lowest BCUT2D eigenvalue weighted by Gasteiger charge is -2.28. The molecule has 1 aliphatic heterocycles. The van der Waals surface area contributed by atoms with Crippen LogP contribution in [0.3, 0.4) is 0 Å². The number of hydrogen-bond acceptors (Lipinski definition) is 4. The highest BCUT2D eigenvalue weighted by atomic mass is 16.5. The van der Waals surface area contributed by atoms with Gasteiger partial charge in [-0.25, -0.2) is 0 Å². The van der Waals surface area contributed by atoms with Crippen LogP contribution in [0.4, 0.5) is 0 Å². The molecule has 3 atom stereocenters. The molecule has 2 aromatic carbocycles. The summed E-state index contributed by atoms with van der Waals surface area (Å²) in [5, 5.41) is 3.05. The number of benzene rings is 2. The van der Waals surface area contributed by atoms with Crippen LogP contribution in [0.25, 0.3) is 11.1 Å². The number of carbonyl (C=O) groups is 3. The van der Waals surface area contributed by atoms with Gasteiger partial charge >= 0.3 is 0 Å². The lowest BCUT2D eigenvalue weighted by Crippen LogP contribution is -2.50. The molecule has 0 aromatic heterocycles. The van der Waals surface area contributed by atoms with Crippen LogP contribution in [0.15, 0.2) is 48.5 Å². The van der Waals surface area contributed by atoms with Crippen molar-refractivity contribution in [2.45, 2.75) is 70.9 Å². The molecule has 3 amide bonds. The predicted molar refractivity (Wildman–Crippen MR) is 148 cm³/mol. The van der Waals surface area contributed by atoms with Crippen molar-refractivity contribution in [3.05, 3.63) is 54.1 Å². The van der Waals surface area contributed by atoms with Crippen molar-refractivity contribution < 1.29 is 19.1 Å². The second kappa shape index (κ2) is 12.9. The Kier molecular flexibility index (Phi) is 9.43. The maximum Gasteiger partial charge on any atom is 0.245 e. The van der Waals surface area contributed by atoms with E-state index < -0.39 is 23.8 Å². The minimum absolute atomic E-state index is 0.0537. The highest BCUT2D eigenvalue weighted by Gasteiger charge is 2.38. The van der Waals surface area contributed by atoms with Gasteiger partial charge in [-0.15, -0.1) is 0 Å². The summed E-state index contributed by atoms with van der Waals surface area (Å²) in [5.74, 6) is -0.340. The maximum atomic E-state index is 13.6. The molecule has 0 spiro atoms. The Bertz CT molecular complexity index is 1110. The Labute approximate surface area is 226 Å². The number of carbonyl (C=O) groups excluding carboxylic acids is 3. The van der Waals surface area contributed by atoms with Crippen LogP contribution in [-0.4, -0.2) is 42.3 Å². The quantitative estimate of drug-likeness (QED) is 0.425. The predicted octanol–water partition coefficient (Wildman–Crippen LogP) is 4.68. The number of likely N-dealkylation sites (tertiary alicyclic amines) is 1. The zero-order valence-corrected chi connectivity index (χ0v) is 22.7. The number of nitrogens with zero attached hydrogens (tertiary/aromatic N) is 1. The van der Waals surface area contributed by atoms with E-state index >= 15 is 0 Å². The number of amides is 3. The van der Waals surface area contributed by atoms with Crippen molar-refractivity contribution >= 4 is 17.7 Å². The summed E-state index contributed by atoms with van der Waals surface area (Å²) >= 11 is 0. The van der Waals surface area contributed by atoms with Crippen molar-refractivity contribution in [1.82, 2.24) is 10.2 Å². The maximum absolute atomic E-state index is 13.6. The molecular weight excluding hydrogens is 478 g/mol. The first-order chi connectivity index (χ1) is 18.4. The largest absolute Gasteiger partial charge is 0.497 e. The molecule has 3 N–H and O–H groups in total. The van der Waals surface area contributed by atoms with Crippen LogP contribution in [0.1, 0.15) is 63.9 Å². The molecule has 1 heterocycles. The summed E-state index contributed by atoms with van der Waals surface area (Å²) in [6.45, 7) is 3.14. The van der Waals surface area contributed by atoms with E-state index in [-0.39, 0.29) is 11.8 Å². The van der Waals surface area contributed by atoms with E-state index in [1.165, 1.54) is 0 Å². The summed E-state index contributed by atoms with van der Waals surface area (Å²) in [6, 6.07) is 15.6. The number of rotatable bonds is 12. The molecule has 2 aromatic rings. The third kappa shape index (κ3) is 7.15. The van der Waals surface area contributed by atoms with Gasteiger partial charge in [-0.3, -0.25) is 14.4 Å². The Morgan fingerprint density at radius 1 is 1.05 bits per heavy atom. The van der Waals surface area contributed by atoms with E-state index in [1.54, 1.807) is 7.11 Å². The molecule has 204 valence electrons. The number of ether oxygens (including phenoxy) is 1. The Hall–Kier alpha value is -3.35. The molecule has 0 radical (unpaired) electrons. The smallest absolute Gasteiger partial charge is 0.245 e. The fourth-order valence-corrected chi connectivity index (χ4v) is 5.55. The average molecular weight is 520 g/mol. The minimum Gasteiger partial charge on any atom is -0.497 e. The number of nitrogens with one attached hydrogen (secondary N) is 1. The zero-order chi connectivity index (χ0) is 27.1. The standard InChI is InChI=1S/C31H41N3O4/c1-3-7-26(29(32)35)27(19-21-11-12-21)30(36)33-28-10-4-5-17-34(31(28)37)20-22-8-6-9-24(18-22)23-13-15-25(38-2)16-14-23/h6,8-9,13-16,18,21,26-28H,3-5,7,10-12,17,19-20H2,1-2H3,(H2,32,35)(H,33,36)/t26-,27+,28-/m0/s1. The van der Waals surface area contributed by atoms with Crippen molar-refractivity contribution in [3.8, 4) is 16.9 Å². The molecule has 38 heavy (non-hydrogen) atoms. The fraction of sp³-hybridized carbons (Fsp3) is 0.516. The van der Waals surface area contributed by atoms with E-state index in [4.69, 9.17) is 10.5 Å². The van der Waals surface area contributed by atoms with Gasteiger partial charge in [0.2, 0.25) is 17.7 Å². The van der Waals surface area contributed by atoms with E-state index in [9.17, 15) is 14.4 Å². The first kappa shape index (κ1) is 27.7. The van der Waals surface area contributed by atoms with E-state index in [0.29, 0.717) is 38.3 Å². The third-order valence-electron chi connectivity index (χ3n) is 7.89. The van der Waals surface area contributed by atoms with Crippen LogP contribution in [-0.2, 0) is 20.9 Å². The van der Waals surface area contributed by atoms with E-state index in [2.05, 4.69) is 17.4 Å². The zero-order valence-electron chi connectivity index (χ0n) is 22.7.